The normalized spacial score (nSPS) is 19.7. The van der Waals surface area contributed by atoms with Gasteiger partial charge in [-0.3, -0.25) is 0 Å². The molecule has 0 saturated heterocycles. The molecule has 1 aromatic rings. The van der Waals surface area contributed by atoms with Crippen LogP contribution in [0.15, 0.2) is 22.7 Å². The SMILES string of the molecule is O[C@H](c1ccc(F)c(Br)c1)C1CCCCC1. The quantitative estimate of drug-likeness (QED) is 0.864. The fourth-order valence-electron chi connectivity index (χ4n) is 2.42. The Morgan fingerprint density at radius 2 is 1.94 bits per heavy atom. The van der Waals surface area contributed by atoms with E-state index in [-0.39, 0.29) is 5.82 Å². The molecular formula is C13H16BrFO. The predicted molar refractivity (Wildman–Crippen MR) is 65.6 cm³/mol. The minimum absolute atomic E-state index is 0.278. The summed E-state index contributed by atoms with van der Waals surface area (Å²) in [7, 11) is 0. The van der Waals surface area contributed by atoms with Crippen molar-refractivity contribution >= 4 is 15.9 Å². The molecule has 0 unspecified atom stereocenters. The maximum atomic E-state index is 13.1. The first kappa shape index (κ1) is 12.1. The monoisotopic (exact) mass is 286 g/mol. The van der Waals surface area contributed by atoms with Gasteiger partial charge >= 0.3 is 0 Å². The zero-order valence-electron chi connectivity index (χ0n) is 9.13. The fourth-order valence-corrected chi connectivity index (χ4v) is 2.81. The third-order valence-corrected chi connectivity index (χ3v) is 3.99. The minimum atomic E-state index is -0.447. The Labute approximate surface area is 104 Å². The summed E-state index contributed by atoms with van der Waals surface area (Å²) in [6.45, 7) is 0. The van der Waals surface area contributed by atoms with Gasteiger partial charge in [-0.15, -0.1) is 0 Å². The van der Waals surface area contributed by atoms with Gasteiger partial charge in [-0.2, -0.15) is 0 Å². The molecule has 1 aliphatic carbocycles. The van der Waals surface area contributed by atoms with Gasteiger partial charge in [-0.05, 0) is 52.4 Å². The lowest BCUT2D eigenvalue weighted by Crippen LogP contribution is -2.16. The highest BCUT2D eigenvalue weighted by Crippen LogP contribution is 2.35. The molecule has 1 fully saturated rings. The molecule has 1 aliphatic rings. The summed E-state index contributed by atoms with van der Waals surface area (Å²) in [5.41, 5.74) is 0.820. The van der Waals surface area contributed by atoms with Gasteiger partial charge in [-0.1, -0.05) is 25.3 Å². The Balaban J connectivity index is 2.12. The lowest BCUT2D eigenvalue weighted by molar-refractivity contribution is 0.0847. The van der Waals surface area contributed by atoms with Gasteiger partial charge in [0.05, 0.1) is 10.6 Å². The molecule has 0 aliphatic heterocycles. The van der Waals surface area contributed by atoms with Crippen molar-refractivity contribution in [2.24, 2.45) is 5.92 Å². The molecule has 0 aromatic heterocycles. The maximum absolute atomic E-state index is 13.1. The molecule has 0 amide bonds. The van der Waals surface area contributed by atoms with Crippen molar-refractivity contribution < 1.29 is 9.50 Å². The van der Waals surface area contributed by atoms with E-state index in [2.05, 4.69) is 15.9 Å². The molecule has 1 aromatic carbocycles. The molecule has 2 rings (SSSR count). The van der Waals surface area contributed by atoms with E-state index >= 15 is 0 Å². The molecule has 88 valence electrons. The van der Waals surface area contributed by atoms with Crippen LogP contribution in [0.1, 0.15) is 43.8 Å². The van der Waals surface area contributed by atoms with Crippen LogP contribution in [0.4, 0.5) is 4.39 Å². The van der Waals surface area contributed by atoms with Crippen LogP contribution in [-0.2, 0) is 0 Å². The second-order valence-corrected chi connectivity index (χ2v) is 5.37. The van der Waals surface area contributed by atoms with E-state index in [1.807, 2.05) is 0 Å². The van der Waals surface area contributed by atoms with Gasteiger partial charge < -0.3 is 5.11 Å². The van der Waals surface area contributed by atoms with E-state index in [4.69, 9.17) is 0 Å². The first-order chi connectivity index (χ1) is 7.68. The predicted octanol–water partition coefficient (Wildman–Crippen LogP) is 4.20. The van der Waals surface area contributed by atoms with Crippen LogP contribution in [0.25, 0.3) is 0 Å². The van der Waals surface area contributed by atoms with E-state index in [0.717, 1.165) is 18.4 Å². The van der Waals surface area contributed by atoms with E-state index in [0.29, 0.717) is 10.4 Å². The van der Waals surface area contributed by atoms with Crippen molar-refractivity contribution in [2.75, 3.05) is 0 Å². The van der Waals surface area contributed by atoms with Crippen molar-refractivity contribution in [3.05, 3.63) is 34.1 Å². The molecule has 16 heavy (non-hydrogen) atoms. The van der Waals surface area contributed by atoms with Gasteiger partial charge in [0.15, 0.2) is 0 Å². The van der Waals surface area contributed by atoms with Gasteiger partial charge in [0.25, 0.3) is 0 Å². The van der Waals surface area contributed by atoms with Crippen molar-refractivity contribution in [1.82, 2.24) is 0 Å². The highest BCUT2D eigenvalue weighted by Gasteiger charge is 2.23. The standard InChI is InChI=1S/C13H16BrFO/c14-11-8-10(6-7-12(11)15)13(16)9-4-2-1-3-5-9/h6-9,13,16H,1-5H2/t13-/m0/s1. The van der Waals surface area contributed by atoms with Crippen LogP contribution in [0, 0.1) is 11.7 Å². The van der Waals surface area contributed by atoms with Crippen LogP contribution in [0.3, 0.4) is 0 Å². The fraction of sp³-hybridized carbons (Fsp3) is 0.538. The minimum Gasteiger partial charge on any atom is -0.388 e. The number of aliphatic hydroxyl groups excluding tert-OH is 1. The van der Waals surface area contributed by atoms with Crippen LogP contribution in [0.5, 0.6) is 0 Å². The topological polar surface area (TPSA) is 20.2 Å². The molecule has 0 spiro atoms. The average molecular weight is 287 g/mol. The van der Waals surface area contributed by atoms with Crippen molar-refractivity contribution in [1.29, 1.82) is 0 Å². The third kappa shape index (κ3) is 2.64. The highest BCUT2D eigenvalue weighted by atomic mass is 79.9. The molecule has 0 heterocycles. The first-order valence-electron chi connectivity index (χ1n) is 5.81. The molecular weight excluding hydrogens is 271 g/mol. The van der Waals surface area contributed by atoms with E-state index < -0.39 is 6.10 Å². The van der Waals surface area contributed by atoms with Crippen LogP contribution in [-0.4, -0.2) is 5.11 Å². The van der Waals surface area contributed by atoms with Gasteiger partial charge in [0.1, 0.15) is 5.82 Å². The van der Waals surface area contributed by atoms with E-state index in [9.17, 15) is 9.50 Å². The Hall–Kier alpha value is -0.410. The lowest BCUT2D eigenvalue weighted by atomic mass is 9.83. The molecule has 1 nitrogen and oxygen atoms in total. The molecule has 1 saturated carbocycles. The Kier molecular flexibility index (Phi) is 3.98. The van der Waals surface area contributed by atoms with Gasteiger partial charge in [0.2, 0.25) is 0 Å². The summed E-state index contributed by atoms with van der Waals surface area (Å²) in [6.07, 6.45) is 5.38. The summed E-state index contributed by atoms with van der Waals surface area (Å²) in [5, 5.41) is 10.2. The molecule has 3 heteroatoms. The summed E-state index contributed by atoms with van der Waals surface area (Å²) < 4.78 is 13.5. The smallest absolute Gasteiger partial charge is 0.137 e. The zero-order valence-corrected chi connectivity index (χ0v) is 10.7. The summed E-state index contributed by atoms with van der Waals surface area (Å²) >= 11 is 3.15. The summed E-state index contributed by atoms with van der Waals surface area (Å²) in [6, 6.07) is 4.78. The highest BCUT2D eigenvalue weighted by molar-refractivity contribution is 9.10. The van der Waals surface area contributed by atoms with E-state index in [1.54, 1.807) is 12.1 Å². The number of hydrogen-bond donors (Lipinski definition) is 1. The number of aliphatic hydroxyl groups is 1. The summed E-state index contributed by atoms with van der Waals surface area (Å²) in [4.78, 5) is 0. The Bertz CT molecular complexity index is 361. The van der Waals surface area contributed by atoms with Crippen LogP contribution >= 0.6 is 15.9 Å². The summed E-state index contributed by atoms with van der Waals surface area (Å²) in [5.74, 6) is 0.0608. The zero-order chi connectivity index (χ0) is 11.5. The van der Waals surface area contributed by atoms with Gasteiger partial charge in [-0.25, -0.2) is 4.39 Å². The number of halogens is 2. The molecule has 1 atom stereocenters. The van der Waals surface area contributed by atoms with E-state index in [1.165, 1.54) is 25.3 Å². The average Bonchev–Trinajstić information content (AvgIpc) is 2.33. The van der Waals surface area contributed by atoms with Crippen molar-refractivity contribution in [2.45, 2.75) is 38.2 Å². The Morgan fingerprint density at radius 3 is 2.56 bits per heavy atom. The van der Waals surface area contributed by atoms with Crippen molar-refractivity contribution in [3.63, 3.8) is 0 Å². The lowest BCUT2D eigenvalue weighted by Gasteiger charge is -2.26. The number of rotatable bonds is 2. The third-order valence-electron chi connectivity index (χ3n) is 3.38. The van der Waals surface area contributed by atoms with Crippen LogP contribution in [0.2, 0.25) is 0 Å². The number of hydrogen-bond acceptors (Lipinski definition) is 1. The second kappa shape index (κ2) is 5.28. The second-order valence-electron chi connectivity index (χ2n) is 4.52. The molecule has 0 radical (unpaired) electrons. The molecule has 0 bridgehead atoms. The first-order valence-corrected chi connectivity index (χ1v) is 6.61. The van der Waals surface area contributed by atoms with Crippen LogP contribution < -0.4 is 0 Å². The van der Waals surface area contributed by atoms with Gasteiger partial charge in [0, 0.05) is 0 Å². The number of benzene rings is 1. The molecule has 1 N–H and O–H groups in total. The Morgan fingerprint density at radius 1 is 1.25 bits per heavy atom. The van der Waals surface area contributed by atoms with Crippen molar-refractivity contribution in [3.8, 4) is 0 Å². The largest absolute Gasteiger partial charge is 0.388 e. The maximum Gasteiger partial charge on any atom is 0.137 e.